The van der Waals surface area contributed by atoms with Crippen molar-refractivity contribution in [1.29, 1.82) is 0 Å². The minimum absolute atomic E-state index is 0.502. The van der Waals surface area contributed by atoms with Crippen molar-refractivity contribution in [2.45, 2.75) is 25.3 Å². The number of rotatable bonds is 3. The molecule has 1 saturated heterocycles. The highest BCUT2D eigenvalue weighted by Gasteiger charge is 2.27. The first-order valence-corrected chi connectivity index (χ1v) is 7.39. The molecule has 0 spiro atoms. The fourth-order valence-electron chi connectivity index (χ4n) is 3.25. The lowest BCUT2D eigenvalue weighted by Crippen LogP contribution is -3.13. The fraction of sp³-hybridized carbons (Fsp3) is 0.333. The Bertz CT molecular complexity index is 446. The van der Waals surface area contributed by atoms with E-state index in [0.717, 1.165) is 0 Å². The Morgan fingerprint density at radius 1 is 0.632 bits per heavy atom. The molecule has 0 atom stereocenters. The van der Waals surface area contributed by atoms with Crippen molar-refractivity contribution in [1.82, 2.24) is 0 Å². The molecule has 2 aromatic carbocycles. The Morgan fingerprint density at radius 3 is 1.58 bits per heavy atom. The lowest BCUT2D eigenvalue weighted by molar-refractivity contribution is -0.930. The molecule has 0 saturated carbocycles. The van der Waals surface area contributed by atoms with Gasteiger partial charge in [-0.2, -0.15) is 0 Å². The molecule has 1 heterocycles. The summed E-state index contributed by atoms with van der Waals surface area (Å²) in [7, 11) is 0. The predicted molar refractivity (Wildman–Crippen MR) is 79.3 cm³/mol. The standard InChI is InChI=1S/C18H21N/c1-4-10-16(11-5-1)18(17-12-6-2-7-13-17)19-14-8-3-9-15-19/h1-2,4-7,10-13,18H,3,8-9,14-15H2/p+1. The number of likely N-dealkylation sites (tertiary alicyclic amines) is 1. The molecule has 1 N–H and O–H groups in total. The Morgan fingerprint density at radius 2 is 1.11 bits per heavy atom. The lowest BCUT2D eigenvalue weighted by Gasteiger charge is -2.32. The van der Waals surface area contributed by atoms with Crippen LogP contribution in [-0.2, 0) is 0 Å². The first-order chi connectivity index (χ1) is 9.45. The van der Waals surface area contributed by atoms with Gasteiger partial charge in [0, 0.05) is 11.1 Å². The highest BCUT2D eigenvalue weighted by atomic mass is 15.2. The van der Waals surface area contributed by atoms with E-state index in [2.05, 4.69) is 60.7 Å². The normalized spacial score (nSPS) is 16.7. The molecule has 1 heteroatoms. The van der Waals surface area contributed by atoms with Crippen molar-refractivity contribution in [2.24, 2.45) is 0 Å². The molecule has 1 fully saturated rings. The van der Waals surface area contributed by atoms with Crippen LogP contribution in [0.1, 0.15) is 36.4 Å². The molecule has 1 nitrogen and oxygen atoms in total. The summed E-state index contributed by atoms with van der Waals surface area (Å²) in [4.78, 5) is 1.73. The number of benzene rings is 2. The molecule has 0 aromatic heterocycles. The van der Waals surface area contributed by atoms with Crippen LogP contribution in [0, 0.1) is 0 Å². The molecule has 19 heavy (non-hydrogen) atoms. The zero-order valence-electron chi connectivity index (χ0n) is 11.4. The first-order valence-electron chi connectivity index (χ1n) is 7.39. The van der Waals surface area contributed by atoms with Crippen LogP contribution in [0.2, 0.25) is 0 Å². The topological polar surface area (TPSA) is 4.44 Å². The zero-order valence-corrected chi connectivity index (χ0v) is 11.4. The maximum Gasteiger partial charge on any atom is 0.139 e. The number of quaternary nitrogens is 1. The second-order valence-corrected chi connectivity index (χ2v) is 5.47. The number of hydrogen-bond donors (Lipinski definition) is 1. The summed E-state index contributed by atoms with van der Waals surface area (Å²) in [6, 6.07) is 22.5. The molecule has 1 aliphatic heterocycles. The Labute approximate surface area is 115 Å². The lowest BCUT2D eigenvalue weighted by atomic mass is 9.95. The summed E-state index contributed by atoms with van der Waals surface area (Å²) in [5.74, 6) is 0. The van der Waals surface area contributed by atoms with Crippen molar-refractivity contribution < 1.29 is 4.90 Å². The maximum atomic E-state index is 2.28. The second-order valence-electron chi connectivity index (χ2n) is 5.47. The third-order valence-corrected chi connectivity index (χ3v) is 4.17. The summed E-state index contributed by atoms with van der Waals surface area (Å²) in [5, 5.41) is 0. The third kappa shape index (κ3) is 2.87. The SMILES string of the molecule is c1ccc(C(c2ccccc2)[NH+]2CCCCC2)cc1. The highest BCUT2D eigenvalue weighted by Crippen LogP contribution is 2.19. The molecule has 0 aliphatic carbocycles. The minimum atomic E-state index is 0.502. The summed E-state index contributed by atoms with van der Waals surface area (Å²) in [6.07, 6.45) is 4.14. The van der Waals surface area contributed by atoms with Gasteiger partial charge in [-0.25, -0.2) is 0 Å². The quantitative estimate of drug-likeness (QED) is 0.857. The van der Waals surface area contributed by atoms with Gasteiger partial charge in [-0.3, -0.25) is 0 Å². The highest BCUT2D eigenvalue weighted by molar-refractivity contribution is 5.29. The Balaban J connectivity index is 1.96. The van der Waals surface area contributed by atoms with Crippen molar-refractivity contribution in [2.75, 3.05) is 13.1 Å². The van der Waals surface area contributed by atoms with Gasteiger partial charge in [0.25, 0.3) is 0 Å². The molecular formula is C18H22N+. The van der Waals surface area contributed by atoms with E-state index >= 15 is 0 Å². The molecule has 0 bridgehead atoms. The van der Waals surface area contributed by atoms with Crippen LogP contribution in [0.5, 0.6) is 0 Å². The van der Waals surface area contributed by atoms with Gasteiger partial charge in [0.15, 0.2) is 0 Å². The minimum Gasteiger partial charge on any atom is -0.325 e. The van der Waals surface area contributed by atoms with Crippen LogP contribution in [0.4, 0.5) is 0 Å². The maximum absolute atomic E-state index is 2.28. The van der Waals surface area contributed by atoms with E-state index in [0.29, 0.717) is 6.04 Å². The van der Waals surface area contributed by atoms with E-state index in [9.17, 15) is 0 Å². The van der Waals surface area contributed by atoms with Crippen molar-refractivity contribution in [3.8, 4) is 0 Å². The van der Waals surface area contributed by atoms with E-state index in [4.69, 9.17) is 0 Å². The van der Waals surface area contributed by atoms with Gasteiger partial charge in [0.2, 0.25) is 0 Å². The number of piperidine rings is 1. The van der Waals surface area contributed by atoms with Crippen LogP contribution < -0.4 is 4.90 Å². The first kappa shape index (κ1) is 12.4. The van der Waals surface area contributed by atoms with Gasteiger partial charge >= 0.3 is 0 Å². The summed E-state index contributed by atoms with van der Waals surface area (Å²) in [6.45, 7) is 2.60. The van der Waals surface area contributed by atoms with Gasteiger partial charge < -0.3 is 4.90 Å². The molecular weight excluding hydrogens is 230 g/mol. The van der Waals surface area contributed by atoms with E-state index < -0.39 is 0 Å². The largest absolute Gasteiger partial charge is 0.325 e. The van der Waals surface area contributed by atoms with E-state index in [1.165, 1.54) is 43.5 Å². The van der Waals surface area contributed by atoms with Gasteiger partial charge in [-0.05, 0) is 19.3 Å². The van der Waals surface area contributed by atoms with E-state index in [-0.39, 0.29) is 0 Å². The van der Waals surface area contributed by atoms with Gasteiger partial charge in [-0.1, -0.05) is 60.7 Å². The Kier molecular flexibility index (Phi) is 3.95. The zero-order chi connectivity index (χ0) is 12.9. The van der Waals surface area contributed by atoms with Gasteiger partial charge in [0.05, 0.1) is 13.1 Å². The molecule has 98 valence electrons. The van der Waals surface area contributed by atoms with Crippen molar-refractivity contribution >= 4 is 0 Å². The smallest absolute Gasteiger partial charge is 0.139 e. The van der Waals surface area contributed by atoms with Crippen LogP contribution in [0.3, 0.4) is 0 Å². The summed E-state index contributed by atoms with van der Waals surface area (Å²) < 4.78 is 0. The van der Waals surface area contributed by atoms with Crippen LogP contribution >= 0.6 is 0 Å². The van der Waals surface area contributed by atoms with E-state index in [1.54, 1.807) is 4.90 Å². The van der Waals surface area contributed by atoms with Crippen molar-refractivity contribution in [3.05, 3.63) is 71.8 Å². The molecule has 0 amide bonds. The monoisotopic (exact) mass is 252 g/mol. The van der Waals surface area contributed by atoms with Gasteiger partial charge in [-0.15, -0.1) is 0 Å². The summed E-state index contributed by atoms with van der Waals surface area (Å²) >= 11 is 0. The average Bonchev–Trinajstić information content (AvgIpc) is 2.51. The molecule has 1 aliphatic rings. The third-order valence-electron chi connectivity index (χ3n) is 4.17. The molecule has 0 unspecified atom stereocenters. The van der Waals surface area contributed by atoms with Gasteiger partial charge in [0.1, 0.15) is 6.04 Å². The van der Waals surface area contributed by atoms with Crippen LogP contribution in [0.15, 0.2) is 60.7 Å². The average molecular weight is 252 g/mol. The Hall–Kier alpha value is -1.60. The van der Waals surface area contributed by atoms with Crippen LogP contribution in [-0.4, -0.2) is 13.1 Å². The predicted octanol–water partition coefficient (Wildman–Crippen LogP) is 2.84. The summed E-state index contributed by atoms with van der Waals surface area (Å²) in [5.41, 5.74) is 2.90. The second kappa shape index (κ2) is 6.03. The van der Waals surface area contributed by atoms with Crippen LogP contribution in [0.25, 0.3) is 0 Å². The number of hydrogen-bond acceptors (Lipinski definition) is 0. The number of nitrogens with one attached hydrogen (secondary N) is 1. The fourth-order valence-corrected chi connectivity index (χ4v) is 3.25. The molecule has 2 aromatic rings. The van der Waals surface area contributed by atoms with E-state index in [1.807, 2.05) is 0 Å². The molecule has 0 radical (unpaired) electrons. The molecule has 3 rings (SSSR count). The van der Waals surface area contributed by atoms with Crippen molar-refractivity contribution in [3.63, 3.8) is 0 Å².